The second kappa shape index (κ2) is 9.23. The van der Waals surface area contributed by atoms with Crippen LogP contribution in [0.4, 0.5) is 13.2 Å². The van der Waals surface area contributed by atoms with Crippen molar-refractivity contribution in [2.45, 2.75) is 6.18 Å². The molecule has 2 rings (SSSR count). The minimum absolute atomic E-state index is 0.282. The molecular weight excluding hydrogens is 361 g/mol. The summed E-state index contributed by atoms with van der Waals surface area (Å²) in [6.45, 7) is 0.735. The number of halogens is 3. The number of hydrogen-bond donors (Lipinski definition) is 0. The summed E-state index contributed by atoms with van der Waals surface area (Å²) in [7, 11) is 3.00. The third kappa shape index (κ3) is 5.86. The fourth-order valence-electron chi connectivity index (χ4n) is 2.26. The summed E-state index contributed by atoms with van der Waals surface area (Å²) < 4.78 is 53.8. The van der Waals surface area contributed by atoms with Crippen molar-refractivity contribution in [3.05, 3.63) is 65.2 Å². The molecule has 0 aromatic heterocycles. The number of allylic oxidation sites excluding steroid dienone is 1. The van der Waals surface area contributed by atoms with E-state index >= 15 is 0 Å². The van der Waals surface area contributed by atoms with Crippen LogP contribution in [0.25, 0.3) is 6.08 Å². The monoisotopic (exact) mass is 380 g/mol. The first-order valence-corrected chi connectivity index (χ1v) is 8.04. The van der Waals surface area contributed by atoms with Gasteiger partial charge in [-0.25, -0.2) is 0 Å². The van der Waals surface area contributed by atoms with Crippen molar-refractivity contribution in [3.8, 4) is 11.5 Å². The maximum absolute atomic E-state index is 12.7. The van der Waals surface area contributed by atoms with E-state index in [1.807, 2.05) is 0 Å². The Bertz CT molecular complexity index is 813. The zero-order valence-electron chi connectivity index (χ0n) is 14.9. The number of alkyl halides is 3. The number of benzene rings is 2. The summed E-state index contributed by atoms with van der Waals surface area (Å²) in [6, 6.07) is 9.42. The zero-order chi connectivity index (χ0) is 19.9. The molecule has 0 fully saturated rings. The summed E-state index contributed by atoms with van der Waals surface area (Å²) >= 11 is 0. The van der Waals surface area contributed by atoms with E-state index in [2.05, 4.69) is 0 Å². The third-order valence-corrected chi connectivity index (χ3v) is 3.63. The van der Waals surface area contributed by atoms with E-state index in [4.69, 9.17) is 14.2 Å². The minimum atomic E-state index is -4.43. The Balaban J connectivity index is 2.14. The van der Waals surface area contributed by atoms with Crippen molar-refractivity contribution in [2.75, 3.05) is 27.4 Å². The lowest BCUT2D eigenvalue weighted by molar-refractivity contribution is -0.137. The Morgan fingerprint density at radius 3 is 2.48 bits per heavy atom. The van der Waals surface area contributed by atoms with Gasteiger partial charge in [-0.2, -0.15) is 13.2 Å². The van der Waals surface area contributed by atoms with Gasteiger partial charge in [0, 0.05) is 12.7 Å². The van der Waals surface area contributed by atoms with Crippen LogP contribution in [-0.2, 0) is 10.9 Å². The normalized spacial score (nSPS) is 11.6. The summed E-state index contributed by atoms with van der Waals surface area (Å²) in [6.07, 6.45) is -1.87. The lowest BCUT2D eigenvalue weighted by Gasteiger charge is -2.11. The number of ether oxygens (including phenoxy) is 3. The molecule has 0 spiro atoms. The number of hydrogen-bond acceptors (Lipinski definition) is 4. The van der Waals surface area contributed by atoms with Crippen molar-refractivity contribution in [1.29, 1.82) is 0 Å². The maximum Gasteiger partial charge on any atom is 0.416 e. The van der Waals surface area contributed by atoms with Gasteiger partial charge >= 0.3 is 6.18 Å². The topological polar surface area (TPSA) is 44.8 Å². The van der Waals surface area contributed by atoms with E-state index < -0.39 is 11.7 Å². The predicted octanol–water partition coefficient (Wildman–Crippen LogP) is 4.64. The molecule has 144 valence electrons. The molecule has 4 nitrogen and oxygen atoms in total. The Morgan fingerprint density at radius 1 is 1.04 bits per heavy atom. The van der Waals surface area contributed by atoms with Crippen LogP contribution < -0.4 is 9.47 Å². The highest BCUT2D eigenvalue weighted by molar-refractivity contribution is 6.07. The molecule has 0 N–H and O–H groups in total. The highest BCUT2D eigenvalue weighted by atomic mass is 19.4. The van der Waals surface area contributed by atoms with E-state index in [1.54, 1.807) is 19.2 Å². The smallest absolute Gasteiger partial charge is 0.416 e. The van der Waals surface area contributed by atoms with Crippen LogP contribution in [0.5, 0.6) is 11.5 Å². The summed E-state index contributed by atoms with van der Waals surface area (Å²) in [5, 5.41) is 0. The highest BCUT2D eigenvalue weighted by Gasteiger charge is 2.30. The van der Waals surface area contributed by atoms with E-state index in [0.717, 1.165) is 12.1 Å². The molecule has 7 heteroatoms. The van der Waals surface area contributed by atoms with E-state index in [-0.39, 0.29) is 11.3 Å². The average Bonchev–Trinajstić information content (AvgIpc) is 2.66. The van der Waals surface area contributed by atoms with Gasteiger partial charge in [0.05, 0.1) is 19.3 Å². The van der Waals surface area contributed by atoms with Gasteiger partial charge in [0.1, 0.15) is 6.61 Å². The fourth-order valence-corrected chi connectivity index (χ4v) is 2.26. The number of ketones is 1. The Morgan fingerprint density at radius 2 is 1.81 bits per heavy atom. The molecule has 0 radical (unpaired) electrons. The lowest BCUT2D eigenvalue weighted by Crippen LogP contribution is -2.06. The molecular formula is C20H19F3O4. The van der Waals surface area contributed by atoms with Crippen molar-refractivity contribution in [1.82, 2.24) is 0 Å². The van der Waals surface area contributed by atoms with E-state index in [1.165, 1.54) is 37.5 Å². The summed E-state index contributed by atoms with van der Waals surface area (Å²) in [5.41, 5.74) is -0.157. The van der Waals surface area contributed by atoms with Crippen molar-refractivity contribution >= 4 is 11.9 Å². The van der Waals surface area contributed by atoms with Gasteiger partial charge in [0.25, 0.3) is 0 Å². The molecule has 0 unspecified atom stereocenters. The van der Waals surface area contributed by atoms with Gasteiger partial charge in [-0.1, -0.05) is 18.2 Å². The summed E-state index contributed by atoms with van der Waals surface area (Å²) in [4.78, 5) is 12.3. The number of rotatable bonds is 8. The molecule has 0 heterocycles. The highest BCUT2D eigenvalue weighted by Crippen LogP contribution is 2.30. The van der Waals surface area contributed by atoms with Crippen LogP contribution in [0.3, 0.4) is 0 Å². The Kier molecular flexibility index (Phi) is 7.01. The van der Waals surface area contributed by atoms with Crippen LogP contribution in [0, 0.1) is 0 Å². The molecule has 0 bridgehead atoms. The van der Waals surface area contributed by atoms with Gasteiger partial charge in [-0.3, -0.25) is 4.79 Å². The van der Waals surface area contributed by atoms with Gasteiger partial charge in [0.15, 0.2) is 17.3 Å². The predicted molar refractivity (Wildman–Crippen MR) is 95.2 cm³/mol. The second-order valence-corrected chi connectivity index (χ2v) is 5.53. The van der Waals surface area contributed by atoms with Gasteiger partial charge < -0.3 is 14.2 Å². The molecule has 0 atom stereocenters. The maximum atomic E-state index is 12.7. The first-order chi connectivity index (χ1) is 12.8. The zero-order valence-corrected chi connectivity index (χ0v) is 14.9. The Labute approximate surface area is 155 Å². The standard InChI is InChI=1S/C20H19F3O4/c1-25-10-11-27-18-9-7-15(13-19(18)26-2)17(24)8-6-14-4-3-5-16(12-14)20(21,22)23/h3-9,12-13H,10-11H2,1-2H3/b8-6+. The Hall–Kier alpha value is -2.80. The number of methoxy groups -OCH3 is 2. The number of carbonyl (C=O) groups is 1. The quantitative estimate of drug-likeness (QED) is 0.380. The molecule has 0 saturated carbocycles. The first kappa shape index (κ1) is 20.5. The molecule has 0 aliphatic heterocycles. The van der Waals surface area contributed by atoms with Gasteiger partial charge in [-0.15, -0.1) is 0 Å². The lowest BCUT2D eigenvalue weighted by atomic mass is 10.1. The molecule has 0 amide bonds. The second-order valence-electron chi connectivity index (χ2n) is 5.53. The molecule has 27 heavy (non-hydrogen) atoms. The molecule has 2 aromatic carbocycles. The van der Waals surface area contributed by atoms with E-state index in [9.17, 15) is 18.0 Å². The first-order valence-electron chi connectivity index (χ1n) is 8.04. The summed E-state index contributed by atoms with van der Waals surface area (Å²) in [5.74, 6) is 0.478. The van der Waals surface area contributed by atoms with Crippen molar-refractivity contribution < 1.29 is 32.2 Å². The van der Waals surface area contributed by atoms with Crippen LogP contribution >= 0.6 is 0 Å². The van der Waals surface area contributed by atoms with Crippen molar-refractivity contribution in [2.24, 2.45) is 0 Å². The number of carbonyl (C=O) groups excluding carboxylic acids is 1. The van der Waals surface area contributed by atoms with Crippen LogP contribution in [0.15, 0.2) is 48.5 Å². The van der Waals surface area contributed by atoms with Crippen LogP contribution in [0.2, 0.25) is 0 Å². The molecule has 0 aliphatic carbocycles. The fraction of sp³-hybridized carbons (Fsp3) is 0.250. The largest absolute Gasteiger partial charge is 0.493 e. The SMILES string of the molecule is COCCOc1ccc(C(=O)/C=C/c2cccc(C(F)(F)F)c2)cc1OC. The van der Waals surface area contributed by atoms with Gasteiger partial charge in [0.2, 0.25) is 0 Å². The molecule has 0 aliphatic rings. The van der Waals surface area contributed by atoms with Crippen LogP contribution in [0.1, 0.15) is 21.5 Å². The third-order valence-electron chi connectivity index (χ3n) is 3.63. The molecule has 2 aromatic rings. The van der Waals surface area contributed by atoms with Crippen molar-refractivity contribution in [3.63, 3.8) is 0 Å². The minimum Gasteiger partial charge on any atom is -0.493 e. The molecule has 0 saturated heterocycles. The average molecular weight is 380 g/mol. The van der Waals surface area contributed by atoms with Gasteiger partial charge in [-0.05, 0) is 42.0 Å². The van der Waals surface area contributed by atoms with E-state index in [0.29, 0.717) is 30.3 Å². The van der Waals surface area contributed by atoms with Crippen LogP contribution in [-0.4, -0.2) is 33.2 Å².